The van der Waals surface area contributed by atoms with E-state index in [1.165, 1.54) is 5.56 Å². The molecule has 2 heterocycles. The molecule has 1 aromatic heterocycles. The van der Waals surface area contributed by atoms with Crippen molar-refractivity contribution in [1.82, 2.24) is 9.78 Å². The number of hydrogen-bond acceptors (Lipinski definition) is 3. The summed E-state index contributed by atoms with van der Waals surface area (Å²) in [5, 5.41) is 7.53. The van der Waals surface area contributed by atoms with Gasteiger partial charge in [0.05, 0.1) is 11.9 Å². The summed E-state index contributed by atoms with van der Waals surface area (Å²) in [4.78, 5) is 12.5. The van der Waals surface area contributed by atoms with Gasteiger partial charge >= 0.3 is 0 Å². The van der Waals surface area contributed by atoms with Crippen LogP contribution in [0.5, 0.6) is 5.75 Å². The maximum absolute atomic E-state index is 12.5. The summed E-state index contributed by atoms with van der Waals surface area (Å²) in [6.07, 6.45) is 3.91. The van der Waals surface area contributed by atoms with Crippen LogP contribution in [-0.2, 0) is 4.79 Å². The molecule has 2 aromatic carbocycles. The number of carbonyl (C=O) groups excluding carboxylic acids is 1. The molecule has 0 spiro atoms. The van der Waals surface area contributed by atoms with E-state index in [-0.39, 0.29) is 11.8 Å². The van der Waals surface area contributed by atoms with Crippen LogP contribution < -0.4 is 10.1 Å². The van der Waals surface area contributed by atoms with E-state index in [2.05, 4.69) is 17.0 Å². The molecule has 3 aromatic rings. The number of carbonyl (C=O) groups is 1. The average molecular weight is 359 g/mol. The van der Waals surface area contributed by atoms with Gasteiger partial charge in [-0.2, -0.15) is 5.10 Å². The monoisotopic (exact) mass is 359 g/mol. The molecule has 1 atom stereocenters. The lowest BCUT2D eigenvalue weighted by Crippen LogP contribution is -2.25. The molecule has 0 radical (unpaired) electrons. The van der Waals surface area contributed by atoms with Crippen molar-refractivity contribution in [3.63, 3.8) is 0 Å². The highest BCUT2D eigenvalue weighted by molar-refractivity contribution is 5.94. The Hall–Kier alpha value is -3.34. The zero-order valence-corrected chi connectivity index (χ0v) is 15.2. The lowest BCUT2D eigenvalue weighted by Gasteiger charge is -2.25. The first kappa shape index (κ1) is 17.1. The smallest absolute Gasteiger partial charge is 0.226 e. The molecule has 0 saturated carbocycles. The number of para-hydroxylation sites is 1. The number of hydrogen-bond donors (Lipinski definition) is 1. The standard InChI is InChI=1S/C22H21N3O2/c1-3-12-27-20-7-5-4-6-17(20)18-13-21(26)24-22-19(18)14-23-25(22)16-10-8-15(2)9-11-16/h3-11,14,18H,1,12-13H2,2H3,(H,24,26)/t18-/m1/s1. The molecule has 0 aliphatic carbocycles. The van der Waals surface area contributed by atoms with E-state index in [1.807, 2.05) is 61.7 Å². The van der Waals surface area contributed by atoms with Crippen molar-refractivity contribution in [1.29, 1.82) is 0 Å². The van der Waals surface area contributed by atoms with Gasteiger partial charge in [-0.15, -0.1) is 0 Å². The number of aromatic nitrogens is 2. The minimum atomic E-state index is -0.103. The Balaban J connectivity index is 1.78. The minimum absolute atomic E-state index is 0.0279. The quantitative estimate of drug-likeness (QED) is 0.694. The molecule has 0 unspecified atom stereocenters. The van der Waals surface area contributed by atoms with Crippen molar-refractivity contribution in [2.75, 3.05) is 11.9 Å². The van der Waals surface area contributed by atoms with E-state index >= 15 is 0 Å². The van der Waals surface area contributed by atoms with E-state index in [1.54, 1.807) is 10.8 Å². The molecule has 136 valence electrons. The number of rotatable bonds is 5. The van der Waals surface area contributed by atoms with Crippen LogP contribution in [0.2, 0.25) is 0 Å². The highest BCUT2D eigenvalue weighted by Crippen LogP contribution is 2.41. The predicted octanol–water partition coefficient (Wildman–Crippen LogP) is 4.22. The fourth-order valence-electron chi connectivity index (χ4n) is 3.43. The average Bonchev–Trinajstić information content (AvgIpc) is 3.10. The first-order chi connectivity index (χ1) is 13.2. The van der Waals surface area contributed by atoms with Gasteiger partial charge in [0, 0.05) is 23.5 Å². The van der Waals surface area contributed by atoms with Crippen molar-refractivity contribution in [2.45, 2.75) is 19.3 Å². The van der Waals surface area contributed by atoms with Crippen LogP contribution in [0.1, 0.15) is 29.0 Å². The number of amides is 1. The van der Waals surface area contributed by atoms with Crippen LogP contribution in [-0.4, -0.2) is 22.3 Å². The summed E-state index contributed by atoms with van der Waals surface area (Å²) in [5.41, 5.74) is 4.07. The predicted molar refractivity (Wildman–Crippen MR) is 106 cm³/mol. The second-order valence-corrected chi connectivity index (χ2v) is 6.64. The SMILES string of the molecule is C=CCOc1ccccc1[C@H]1CC(=O)Nc2c1cnn2-c1ccc(C)cc1. The van der Waals surface area contributed by atoms with E-state index in [9.17, 15) is 4.79 Å². The molecular formula is C22H21N3O2. The molecule has 1 aliphatic heterocycles. The summed E-state index contributed by atoms with van der Waals surface area (Å²) >= 11 is 0. The number of nitrogens with zero attached hydrogens (tertiary/aromatic N) is 2. The Kier molecular flexibility index (Phi) is 4.50. The number of anilines is 1. The normalized spacial score (nSPS) is 15.7. The van der Waals surface area contributed by atoms with Gasteiger partial charge < -0.3 is 10.1 Å². The lowest BCUT2D eigenvalue weighted by atomic mass is 9.87. The van der Waals surface area contributed by atoms with Crippen LogP contribution in [0.3, 0.4) is 0 Å². The van der Waals surface area contributed by atoms with Gasteiger partial charge in [0.15, 0.2) is 0 Å². The summed E-state index contributed by atoms with van der Waals surface area (Å²) in [5.74, 6) is 1.36. The third-order valence-electron chi connectivity index (χ3n) is 4.75. The molecule has 1 N–H and O–H groups in total. The number of nitrogens with one attached hydrogen (secondary N) is 1. The molecule has 0 fully saturated rings. The van der Waals surface area contributed by atoms with Gasteiger partial charge in [-0.1, -0.05) is 48.6 Å². The Morgan fingerprint density at radius 3 is 2.78 bits per heavy atom. The molecule has 0 saturated heterocycles. The van der Waals surface area contributed by atoms with E-state index in [0.717, 1.165) is 28.4 Å². The third kappa shape index (κ3) is 3.24. The minimum Gasteiger partial charge on any atom is -0.489 e. The summed E-state index contributed by atoms with van der Waals surface area (Å²) in [6, 6.07) is 15.9. The van der Waals surface area contributed by atoms with Crippen molar-refractivity contribution in [3.05, 3.63) is 84.1 Å². The Morgan fingerprint density at radius 2 is 2.00 bits per heavy atom. The van der Waals surface area contributed by atoms with Crippen molar-refractivity contribution < 1.29 is 9.53 Å². The van der Waals surface area contributed by atoms with Gasteiger partial charge in [-0.05, 0) is 25.1 Å². The van der Waals surface area contributed by atoms with Gasteiger partial charge in [-0.25, -0.2) is 4.68 Å². The first-order valence-corrected chi connectivity index (χ1v) is 8.95. The van der Waals surface area contributed by atoms with Crippen LogP contribution in [0.4, 0.5) is 5.82 Å². The summed E-state index contributed by atoms with van der Waals surface area (Å²) in [7, 11) is 0. The van der Waals surface area contributed by atoms with Gasteiger partial charge in [0.1, 0.15) is 18.2 Å². The molecule has 27 heavy (non-hydrogen) atoms. The Bertz CT molecular complexity index is 989. The molecule has 4 rings (SSSR count). The van der Waals surface area contributed by atoms with Crippen LogP contribution >= 0.6 is 0 Å². The lowest BCUT2D eigenvalue weighted by molar-refractivity contribution is -0.116. The van der Waals surface area contributed by atoms with E-state index < -0.39 is 0 Å². The molecule has 5 heteroatoms. The second kappa shape index (κ2) is 7.11. The third-order valence-corrected chi connectivity index (χ3v) is 4.75. The summed E-state index contributed by atoms with van der Waals surface area (Å²) in [6.45, 7) is 6.17. The largest absolute Gasteiger partial charge is 0.489 e. The number of benzene rings is 2. The van der Waals surface area contributed by atoms with Crippen molar-refractivity contribution >= 4 is 11.7 Å². The number of fused-ring (bicyclic) bond motifs is 1. The molecule has 1 amide bonds. The first-order valence-electron chi connectivity index (χ1n) is 8.95. The number of aryl methyl sites for hydroxylation is 1. The molecule has 5 nitrogen and oxygen atoms in total. The van der Waals surface area contributed by atoms with Crippen LogP contribution in [0, 0.1) is 6.92 Å². The fourth-order valence-corrected chi connectivity index (χ4v) is 3.43. The molecular weight excluding hydrogens is 338 g/mol. The maximum atomic E-state index is 12.5. The second-order valence-electron chi connectivity index (χ2n) is 6.64. The topological polar surface area (TPSA) is 56.1 Å². The van der Waals surface area contributed by atoms with Crippen molar-refractivity contribution in [2.24, 2.45) is 0 Å². The van der Waals surface area contributed by atoms with Crippen LogP contribution in [0.15, 0.2) is 67.4 Å². The van der Waals surface area contributed by atoms with E-state index in [4.69, 9.17) is 4.74 Å². The Morgan fingerprint density at radius 1 is 1.22 bits per heavy atom. The van der Waals surface area contributed by atoms with Gasteiger partial charge in [0.2, 0.25) is 5.91 Å². The summed E-state index contributed by atoms with van der Waals surface area (Å²) < 4.78 is 7.60. The molecule has 1 aliphatic rings. The zero-order chi connectivity index (χ0) is 18.8. The highest BCUT2D eigenvalue weighted by Gasteiger charge is 2.32. The maximum Gasteiger partial charge on any atom is 0.226 e. The van der Waals surface area contributed by atoms with Crippen molar-refractivity contribution in [3.8, 4) is 11.4 Å². The van der Waals surface area contributed by atoms with Gasteiger partial charge in [-0.3, -0.25) is 4.79 Å². The molecule has 0 bridgehead atoms. The van der Waals surface area contributed by atoms with E-state index in [0.29, 0.717) is 13.0 Å². The zero-order valence-electron chi connectivity index (χ0n) is 15.2. The fraction of sp³-hybridized carbons (Fsp3) is 0.182. The van der Waals surface area contributed by atoms with Crippen LogP contribution in [0.25, 0.3) is 5.69 Å². The van der Waals surface area contributed by atoms with Gasteiger partial charge in [0.25, 0.3) is 0 Å². The number of ether oxygens (including phenoxy) is 1. The highest BCUT2D eigenvalue weighted by atomic mass is 16.5. The Labute approximate surface area is 158 Å².